The van der Waals surface area contributed by atoms with Gasteiger partial charge in [-0.05, 0) is 24.3 Å². The quantitative estimate of drug-likeness (QED) is 0.469. The number of halogens is 3. The molecule has 0 unspecified atom stereocenters. The number of nitrogens with two attached hydrogens (primary N) is 1. The Hall–Kier alpha value is -3.66. The van der Waals surface area contributed by atoms with Crippen LogP contribution >= 0.6 is 0 Å². The number of benzene rings is 2. The normalized spacial score (nSPS) is 11.2. The Morgan fingerprint density at radius 3 is 2.63 bits per heavy atom. The lowest BCUT2D eigenvalue weighted by Gasteiger charge is -2.08. The van der Waals surface area contributed by atoms with E-state index in [0.717, 1.165) is 22.9 Å². The number of nitrogens with zero attached hydrogens (tertiary/aromatic N) is 4. The molecule has 7 nitrogen and oxygen atoms in total. The van der Waals surface area contributed by atoms with Crippen LogP contribution in [0.2, 0.25) is 0 Å². The molecule has 2 aromatic heterocycles. The first-order valence-corrected chi connectivity index (χ1v) is 8.98. The fourth-order valence-electron chi connectivity index (χ4n) is 3.03. The van der Waals surface area contributed by atoms with Crippen LogP contribution in [0, 0.1) is 17.5 Å². The number of ether oxygens (including phenoxy) is 1. The van der Waals surface area contributed by atoms with Crippen LogP contribution in [-0.2, 0) is 4.74 Å². The van der Waals surface area contributed by atoms with Gasteiger partial charge in [0.25, 0.3) is 0 Å². The number of nitrogens with one attached hydrogen (secondary N) is 1. The van der Waals surface area contributed by atoms with Crippen LogP contribution in [0.5, 0.6) is 0 Å². The molecule has 154 valence electrons. The minimum atomic E-state index is -0.713. The molecule has 0 saturated heterocycles. The van der Waals surface area contributed by atoms with E-state index in [-0.39, 0.29) is 23.1 Å². The molecule has 0 radical (unpaired) electrons. The predicted octanol–water partition coefficient (Wildman–Crippen LogP) is 3.54. The minimum absolute atomic E-state index is 0.00259. The van der Waals surface area contributed by atoms with E-state index in [1.54, 1.807) is 13.2 Å². The third-order valence-electron chi connectivity index (χ3n) is 4.39. The molecule has 4 rings (SSSR count). The van der Waals surface area contributed by atoms with Gasteiger partial charge in [0.2, 0.25) is 5.95 Å². The minimum Gasteiger partial charge on any atom is -0.383 e. The van der Waals surface area contributed by atoms with E-state index in [2.05, 4.69) is 20.4 Å². The second-order valence-electron chi connectivity index (χ2n) is 6.42. The van der Waals surface area contributed by atoms with E-state index in [1.165, 1.54) is 18.2 Å². The third kappa shape index (κ3) is 3.64. The van der Waals surface area contributed by atoms with E-state index in [1.807, 2.05) is 0 Å². The summed E-state index contributed by atoms with van der Waals surface area (Å²) in [6.45, 7) is 0.821. The molecule has 0 atom stereocenters. The highest BCUT2D eigenvalue weighted by atomic mass is 19.1. The fraction of sp³-hybridized carbons (Fsp3) is 0.150. The first kappa shape index (κ1) is 19.6. The molecule has 0 saturated carbocycles. The maximum absolute atomic E-state index is 14.3. The van der Waals surface area contributed by atoms with Crippen molar-refractivity contribution < 1.29 is 17.9 Å². The molecule has 0 aliphatic rings. The van der Waals surface area contributed by atoms with Crippen LogP contribution < -0.4 is 11.1 Å². The standard InChI is InChI=1S/C20H17F3N6O/c1-30-8-7-25-20-26-17(11-3-2-4-12(21)9-11)16-18(24)29(28-19(16)27-20)15-10-13(22)5-6-14(15)23/h2-6,9-10H,7-8,24H2,1H3,(H,25,27,28). The average molecular weight is 414 g/mol. The van der Waals surface area contributed by atoms with Crippen LogP contribution in [0.3, 0.4) is 0 Å². The highest BCUT2D eigenvalue weighted by molar-refractivity contribution is 5.99. The van der Waals surface area contributed by atoms with E-state index >= 15 is 0 Å². The predicted molar refractivity (Wildman–Crippen MR) is 107 cm³/mol. The SMILES string of the molecule is COCCNc1nc(-c2cccc(F)c2)c2c(N)n(-c3cc(F)ccc3F)nc2n1. The Kier molecular flexibility index (Phi) is 5.23. The van der Waals surface area contributed by atoms with Crippen LogP contribution in [0.1, 0.15) is 0 Å². The molecule has 0 aliphatic heterocycles. The molecular weight excluding hydrogens is 397 g/mol. The van der Waals surface area contributed by atoms with Gasteiger partial charge in [0.15, 0.2) is 5.65 Å². The van der Waals surface area contributed by atoms with Crippen molar-refractivity contribution in [1.29, 1.82) is 0 Å². The maximum Gasteiger partial charge on any atom is 0.225 e. The summed E-state index contributed by atoms with van der Waals surface area (Å²) in [6.07, 6.45) is 0. The summed E-state index contributed by atoms with van der Waals surface area (Å²) in [5.41, 5.74) is 6.94. The molecule has 2 heterocycles. The number of anilines is 2. The zero-order chi connectivity index (χ0) is 21.3. The van der Waals surface area contributed by atoms with E-state index in [0.29, 0.717) is 29.8 Å². The number of methoxy groups -OCH3 is 1. The highest BCUT2D eigenvalue weighted by Gasteiger charge is 2.21. The second-order valence-corrected chi connectivity index (χ2v) is 6.42. The molecule has 30 heavy (non-hydrogen) atoms. The third-order valence-corrected chi connectivity index (χ3v) is 4.39. The van der Waals surface area contributed by atoms with Crippen molar-refractivity contribution in [3.63, 3.8) is 0 Å². The Morgan fingerprint density at radius 1 is 1.07 bits per heavy atom. The van der Waals surface area contributed by atoms with Gasteiger partial charge in [-0.2, -0.15) is 4.98 Å². The number of hydrogen-bond donors (Lipinski definition) is 2. The topological polar surface area (TPSA) is 90.9 Å². The number of aromatic nitrogens is 4. The monoisotopic (exact) mass is 414 g/mol. The summed E-state index contributed by atoms with van der Waals surface area (Å²) >= 11 is 0. The first-order valence-electron chi connectivity index (χ1n) is 8.98. The molecule has 0 amide bonds. The van der Waals surface area contributed by atoms with Crippen LogP contribution in [0.25, 0.3) is 28.0 Å². The van der Waals surface area contributed by atoms with Gasteiger partial charge < -0.3 is 15.8 Å². The van der Waals surface area contributed by atoms with Crippen molar-refractivity contribution >= 4 is 22.8 Å². The molecular formula is C20H17F3N6O. The maximum atomic E-state index is 14.3. The van der Waals surface area contributed by atoms with Gasteiger partial charge in [-0.25, -0.2) is 22.8 Å². The Balaban J connectivity index is 1.95. The van der Waals surface area contributed by atoms with Crippen molar-refractivity contribution in [3.8, 4) is 16.9 Å². The van der Waals surface area contributed by atoms with Crippen molar-refractivity contribution in [2.45, 2.75) is 0 Å². The number of nitrogen functional groups attached to an aromatic ring is 1. The molecule has 0 bridgehead atoms. The smallest absolute Gasteiger partial charge is 0.225 e. The summed E-state index contributed by atoms with van der Waals surface area (Å²) in [5.74, 6) is -1.62. The van der Waals surface area contributed by atoms with Gasteiger partial charge >= 0.3 is 0 Å². The van der Waals surface area contributed by atoms with Crippen molar-refractivity contribution in [2.24, 2.45) is 0 Å². The Bertz CT molecular complexity index is 1230. The summed E-state index contributed by atoms with van der Waals surface area (Å²) < 4.78 is 47.9. The van der Waals surface area contributed by atoms with Gasteiger partial charge in [-0.15, -0.1) is 5.10 Å². The largest absolute Gasteiger partial charge is 0.383 e. The van der Waals surface area contributed by atoms with E-state index < -0.39 is 17.5 Å². The molecule has 2 aromatic carbocycles. The molecule has 0 spiro atoms. The summed E-state index contributed by atoms with van der Waals surface area (Å²) in [5, 5.41) is 7.53. The van der Waals surface area contributed by atoms with Crippen molar-refractivity contribution in [1.82, 2.24) is 19.7 Å². The van der Waals surface area contributed by atoms with Gasteiger partial charge in [-0.3, -0.25) is 0 Å². The lowest BCUT2D eigenvalue weighted by Crippen LogP contribution is -2.10. The molecule has 0 fully saturated rings. The Morgan fingerprint density at radius 2 is 1.87 bits per heavy atom. The summed E-state index contributed by atoms with van der Waals surface area (Å²) in [7, 11) is 1.56. The van der Waals surface area contributed by atoms with E-state index in [9.17, 15) is 13.2 Å². The number of fused-ring (bicyclic) bond motifs is 1. The number of hydrogen-bond acceptors (Lipinski definition) is 6. The summed E-state index contributed by atoms with van der Waals surface area (Å²) in [6, 6.07) is 8.73. The molecule has 10 heteroatoms. The lowest BCUT2D eigenvalue weighted by atomic mass is 10.1. The van der Waals surface area contributed by atoms with Crippen LogP contribution in [-0.4, -0.2) is 40.0 Å². The van der Waals surface area contributed by atoms with E-state index in [4.69, 9.17) is 10.5 Å². The van der Waals surface area contributed by atoms with Crippen LogP contribution in [0.15, 0.2) is 42.5 Å². The summed E-state index contributed by atoms with van der Waals surface area (Å²) in [4.78, 5) is 8.76. The zero-order valence-corrected chi connectivity index (χ0v) is 15.9. The average Bonchev–Trinajstić information content (AvgIpc) is 3.06. The first-order chi connectivity index (χ1) is 14.5. The Labute approximate surface area is 169 Å². The van der Waals surface area contributed by atoms with Crippen molar-refractivity contribution in [3.05, 3.63) is 59.9 Å². The molecule has 0 aliphatic carbocycles. The van der Waals surface area contributed by atoms with Crippen molar-refractivity contribution in [2.75, 3.05) is 31.3 Å². The van der Waals surface area contributed by atoms with Gasteiger partial charge in [0.05, 0.1) is 17.7 Å². The molecule has 4 aromatic rings. The lowest BCUT2D eigenvalue weighted by molar-refractivity contribution is 0.210. The van der Waals surface area contributed by atoms with Gasteiger partial charge in [-0.1, -0.05) is 12.1 Å². The number of rotatable bonds is 6. The van der Waals surface area contributed by atoms with Crippen LogP contribution in [0.4, 0.5) is 24.9 Å². The van der Waals surface area contributed by atoms with Gasteiger partial charge in [0, 0.05) is 25.3 Å². The van der Waals surface area contributed by atoms with Gasteiger partial charge in [0.1, 0.15) is 29.0 Å². The second kappa shape index (κ2) is 7.99. The zero-order valence-electron chi connectivity index (χ0n) is 15.9. The fourth-order valence-corrected chi connectivity index (χ4v) is 3.03. The highest BCUT2D eigenvalue weighted by Crippen LogP contribution is 2.33. The molecule has 3 N–H and O–H groups in total.